The SMILES string of the molecule is C[C@@H]1NC(=O)CCSCc2cccc(c2)CSCCNC(=O)[C@@H]2CCCN2C(=O)[C@H](Cc2ccc(O)cc2)NC(=O)[C@H](C)NC(=O)[C@@H]2CCCCN2C(=O)[C@H](Cc2c[nH]c3ccc(F)cc23)NC(=O)[C@H](Cc2c[nH]c3ccc(F)cc23)NC(=O)[C@@H](C)NC1=O. The van der Waals surface area contributed by atoms with Crippen LogP contribution in [0.1, 0.15) is 87.1 Å². The lowest BCUT2D eigenvalue weighted by Crippen LogP contribution is -2.62. The molecular weight excluding hydrogens is 1180 g/mol. The lowest BCUT2D eigenvalue weighted by molar-refractivity contribution is -0.146. The van der Waals surface area contributed by atoms with E-state index in [1.807, 2.05) is 18.2 Å². The maximum absolute atomic E-state index is 15.3. The van der Waals surface area contributed by atoms with Crippen molar-refractivity contribution < 1.29 is 57.0 Å². The van der Waals surface area contributed by atoms with E-state index in [9.17, 15) is 47.4 Å². The number of fused-ring (bicyclic) bond motifs is 6. The summed E-state index contributed by atoms with van der Waals surface area (Å²) in [6, 6.07) is 12.5. The number of thioether (sulfide) groups is 2. The number of piperidine rings is 1. The number of H-pyrrole nitrogens is 2. The van der Waals surface area contributed by atoms with Crippen molar-refractivity contribution in [3.05, 3.63) is 137 Å². The van der Waals surface area contributed by atoms with Crippen molar-refractivity contribution in [3.8, 4) is 5.75 Å². The van der Waals surface area contributed by atoms with Gasteiger partial charge in [0.25, 0.3) is 0 Å². The van der Waals surface area contributed by atoms with Crippen LogP contribution < -0.4 is 37.2 Å². The van der Waals surface area contributed by atoms with Gasteiger partial charge in [-0.05, 0) is 129 Å². The average molecular weight is 1260 g/mol. The third kappa shape index (κ3) is 17.0. The largest absolute Gasteiger partial charge is 0.508 e. The molecule has 4 aromatic carbocycles. The van der Waals surface area contributed by atoms with Crippen LogP contribution in [-0.4, -0.2) is 158 Å². The topological polar surface area (TPSA) is 296 Å². The predicted molar refractivity (Wildman–Crippen MR) is 335 cm³/mol. The zero-order valence-electron chi connectivity index (χ0n) is 49.8. The second-order valence-corrected chi connectivity index (χ2v) is 25.1. The molecule has 0 saturated carbocycles. The van der Waals surface area contributed by atoms with Crippen LogP contribution in [0.15, 0.2) is 97.3 Å². The van der Waals surface area contributed by atoms with Crippen molar-refractivity contribution in [2.45, 2.75) is 138 Å². The number of aromatic nitrogens is 2. The van der Waals surface area contributed by atoms with E-state index in [1.165, 1.54) is 79.1 Å². The first-order valence-electron chi connectivity index (χ1n) is 30.0. The Kier molecular flexibility index (Phi) is 22.0. The number of hydrogen-bond acceptors (Lipinski definition) is 12. The second-order valence-electron chi connectivity index (χ2n) is 22.9. The first-order chi connectivity index (χ1) is 42.8. The highest BCUT2D eigenvalue weighted by molar-refractivity contribution is 7.98. The molecule has 6 aromatic rings. The number of hydrogen-bond donors (Lipinski definition) is 10. The van der Waals surface area contributed by atoms with Crippen molar-refractivity contribution >= 4 is 98.5 Å². The second kappa shape index (κ2) is 30.2. The third-order valence-electron chi connectivity index (χ3n) is 16.3. The molecule has 10 N–H and O–H groups in total. The highest BCUT2D eigenvalue weighted by Gasteiger charge is 2.41. The number of halogens is 2. The van der Waals surface area contributed by atoms with Gasteiger partial charge in [-0.15, -0.1) is 0 Å². The van der Waals surface area contributed by atoms with E-state index < -0.39 is 101 Å². The number of nitrogens with zero attached hydrogens (tertiary/aromatic N) is 2. The van der Waals surface area contributed by atoms with E-state index in [0.29, 0.717) is 93.7 Å². The molecule has 89 heavy (non-hydrogen) atoms. The molecule has 472 valence electrons. The Hall–Kier alpha value is -8.45. The van der Waals surface area contributed by atoms with Crippen LogP contribution in [0.5, 0.6) is 5.75 Å². The zero-order valence-corrected chi connectivity index (χ0v) is 51.4. The van der Waals surface area contributed by atoms with E-state index >= 15 is 9.59 Å². The third-order valence-corrected chi connectivity index (χ3v) is 18.4. The molecule has 0 unspecified atom stereocenters. The minimum absolute atomic E-state index is 0.00796. The summed E-state index contributed by atoms with van der Waals surface area (Å²) in [7, 11) is 0. The Morgan fingerprint density at radius 1 is 0.517 bits per heavy atom. The molecular formula is C64H75F2N11O10S2. The predicted octanol–water partition coefficient (Wildman–Crippen LogP) is 4.69. The van der Waals surface area contributed by atoms with Gasteiger partial charge in [0.2, 0.25) is 53.2 Å². The molecule has 8 atom stereocenters. The fourth-order valence-corrected chi connectivity index (χ4v) is 13.2. The summed E-state index contributed by atoms with van der Waals surface area (Å²) < 4.78 is 29.7. The highest BCUT2D eigenvalue weighted by Crippen LogP contribution is 2.27. The number of phenolic OH excluding ortho intramolecular Hbond substituents is 1. The Balaban J connectivity index is 0.998. The van der Waals surface area contributed by atoms with Gasteiger partial charge in [0, 0.05) is 103 Å². The monoisotopic (exact) mass is 1260 g/mol. The number of carbonyl (C=O) groups is 9. The molecule has 3 aliphatic rings. The number of aromatic amines is 2. The van der Waals surface area contributed by atoms with Crippen molar-refractivity contribution in [1.82, 2.24) is 57.0 Å². The van der Waals surface area contributed by atoms with Crippen molar-refractivity contribution in [2.24, 2.45) is 0 Å². The van der Waals surface area contributed by atoms with Gasteiger partial charge in [0.15, 0.2) is 0 Å². The van der Waals surface area contributed by atoms with Crippen molar-refractivity contribution in [1.29, 1.82) is 0 Å². The molecule has 2 aromatic heterocycles. The number of phenols is 1. The van der Waals surface area contributed by atoms with Crippen LogP contribution in [0.3, 0.4) is 0 Å². The van der Waals surface area contributed by atoms with E-state index in [2.05, 4.69) is 53.3 Å². The van der Waals surface area contributed by atoms with Crippen LogP contribution >= 0.6 is 23.5 Å². The first-order valence-corrected chi connectivity index (χ1v) is 32.3. The summed E-state index contributed by atoms with van der Waals surface area (Å²) in [5, 5.41) is 30.3. The molecule has 3 aliphatic heterocycles. The fourth-order valence-electron chi connectivity index (χ4n) is 11.5. The van der Waals surface area contributed by atoms with Gasteiger partial charge < -0.3 is 62.1 Å². The quantitative estimate of drug-likeness (QED) is 0.109. The Morgan fingerprint density at radius 3 is 1.65 bits per heavy atom. The maximum atomic E-state index is 15.3. The van der Waals surface area contributed by atoms with Gasteiger partial charge in [-0.1, -0.05) is 36.4 Å². The maximum Gasteiger partial charge on any atom is 0.246 e. The molecule has 9 amide bonds. The zero-order chi connectivity index (χ0) is 63.3. The number of nitrogens with one attached hydrogen (secondary N) is 9. The number of aromatic hydroxyl groups is 1. The Morgan fingerprint density at radius 2 is 1.02 bits per heavy atom. The van der Waals surface area contributed by atoms with Gasteiger partial charge in [-0.3, -0.25) is 43.2 Å². The number of benzene rings is 4. The van der Waals surface area contributed by atoms with Crippen LogP contribution in [0.25, 0.3) is 21.8 Å². The van der Waals surface area contributed by atoms with Crippen LogP contribution in [0.4, 0.5) is 8.78 Å². The van der Waals surface area contributed by atoms with Gasteiger partial charge in [-0.25, -0.2) is 8.78 Å². The van der Waals surface area contributed by atoms with Crippen LogP contribution in [0, 0.1) is 11.6 Å². The van der Waals surface area contributed by atoms with Gasteiger partial charge >= 0.3 is 0 Å². The molecule has 21 nitrogen and oxygen atoms in total. The standard InChI is InChI=1S/C64H75F2N11O10S2/c1-36-57(80)71-37(2)58(81)73-51(28-42-32-68-49-18-14-44(65)30-47(42)49)60(83)75-53(29-43-33-69-50-19-15-45(66)31-48(43)50)64(87)76-22-5-4-10-55(76)62(85)72-38(3)59(82)74-52(27-39-12-16-46(78)17-13-39)63(86)77-23-7-11-54(77)61(84)67-21-25-89-35-41-9-6-8-40(26-41)34-88-24-20-56(79)70-36/h6,8-9,12-19,26,30-33,36-38,51-55,68-69,78H,4-5,7,10-11,20-25,27-29,34-35H2,1-3H3,(H,67,84)(H,70,79)(H,71,80)(H,72,85)(H,73,81)(H,74,82)(H,75,83)/t36-,37+,38-,51-,52-,53-,54-,55-/m0/s1. The van der Waals surface area contributed by atoms with Gasteiger partial charge in [0.1, 0.15) is 65.7 Å². The molecule has 5 heterocycles. The number of rotatable bonds is 6. The molecule has 0 spiro atoms. The number of carbonyl (C=O) groups excluding carboxylic acids is 9. The summed E-state index contributed by atoms with van der Waals surface area (Å²) in [5.74, 6) is -4.58. The van der Waals surface area contributed by atoms with E-state index in [4.69, 9.17) is 0 Å². The Labute approximate surface area is 522 Å². The highest BCUT2D eigenvalue weighted by atomic mass is 32.2. The van der Waals surface area contributed by atoms with Crippen molar-refractivity contribution in [3.63, 3.8) is 0 Å². The molecule has 25 heteroatoms. The summed E-state index contributed by atoms with van der Waals surface area (Å²) in [6.45, 7) is 4.94. The molecule has 0 aliphatic carbocycles. The summed E-state index contributed by atoms with van der Waals surface area (Å²) in [6.07, 6.45) is 4.76. The minimum Gasteiger partial charge on any atom is -0.508 e. The fraction of sp³-hybridized carbons (Fsp3) is 0.422. The molecule has 2 saturated heterocycles. The molecule has 0 radical (unpaired) electrons. The average Bonchev–Trinajstić information content (AvgIpc) is 2.33. The minimum atomic E-state index is -1.49. The Bertz CT molecular complexity index is 3580. The molecule has 2 fully saturated rings. The van der Waals surface area contributed by atoms with Crippen LogP contribution in [0.2, 0.25) is 0 Å². The number of amides is 9. The lowest BCUT2D eigenvalue weighted by Gasteiger charge is -2.38. The smallest absolute Gasteiger partial charge is 0.246 e. The van der Waals surface area contributed by atoms with E-state index in [-0.39, 0.29) is 62.8 Å². The first kappa shape index (κ1) is 65.0. The van der Waals surface area contributed by atoms with E-state index in [1.54, 1.807) is 48.1 Å². The molecule has 2 bridgehead atoms. The van der Waals surface area contributed by atoms with Crippen LogP contribution in [-0.2, 0) is 73.9 Å². The van der Waals surface area contributed by atoms with Gasteiger partial charge in [0.05, 0.1) is 0 Å². The normalized spacial score (nSPS) is 24.3. The van der Waals surface area contributed by atoms with E-state index in [0.717, 1.165) is 11.1 Å². The summed E-state index contributed by atoms with van der Waals surface area (Å²) in [5.41, 5.74) is 4.62. The van der Waals surface area contributed by atoms with Gasteiger partial charge in [-0.2, -0.15) is 23.5 Å². The molecule has 9 rings (SSSR count). The summed E-state index contributed by atoms with van der Waals surface area (Å²) >= 11 is 3.17. The van der Waals surface area contributed by atoms with Crippen molar-refractivity contribution in [2.75, 3.05) is 31.1 Å². The summed E-state index contributed by atoms with van der Waals surface area (Å²) in [4.78, 5) is 137. The lowest BCUT2D eigenvalue weighted by atomic mass is 9.97.